The lowest BCUT2D eigenvalue weighted by Gasteiger charge is -2.19. The normalized spacial score (nSPS) is 10.7. The Morgan fingerprint density at radius 2 is 1.83 bits per heavy atom. The molecular weight excluding hydrogens is 292 g/mol. The van der Waals surface area contributed by atoms with Crippen molar-refractivity contribution in [2.75, 3.05) is 19.2 Å². The zero-order valence-electron chi connectivity index (χ0n) is 13.1. The summed E-state index contributed by atoms with van der Waals surface area (Å²) >= 11 is 0. The van der Waals surface area contributed by atoms with Crippen LogP contribution in [0.2, 0.25) is 0 Å². The fourth-order valence-electron chi connectivity index (χ4n) is 2.49. The predicted molar refractivity (Wildman–Crippen MR) is 89.2 cm³/mol. The van der Waals surface area contributed by atoms with Gasteiger partial charge in [0.25, 0.3) is 0 Å². The van der Waals surface area contributed by atoms with Crippen molar-refractivity contribution < 1.29 is 13.9 Å². The number of carbonyl (C=O) groups is 1. The number of ether oxygens (including phenoxy) is 1. The fraction of sp³-hybridized carbons (Fsp3) is 0.167. The van der Waals surface area contributed by atoms with E-state index in [2.05, 4.69) is 5.43 Å². The van der Waals surface area contributed by atoms with Crippen LogP contribution in [0.15, 0.2) is 59.0 Å². The zero-order chi connectivity index (χ0) is 16.2. The first-order valence-corrected chi connectivity index (χ1v) is 7.30. The van der Waals surface area contributed by atoms with E-state index in [1.807, 2.05) is 54.6 Å². The molecule has 5 nitrogen and oxygen atoms in total. The zero-order valence-corrected chi connectivity index (χ0v) is 13.1. The molecule has 0 saturated carbocycles. The van der Waals surface area contributed by atoms with E-state index in [0.717, 1.165) is 16.6 Å². The van der Waals surface area contributed by atoms with Crippen LogP contribution in [0.5, 0.6) is 0 Å². The fourth-order valence-corrected chi connectivity index (χ4v) is 2.49. The predicted octanol–water partition coefficient (Wildman–Crippen LogP) is 3.36. The van der Waals surface area contributed by atoms with Crippen LogP contribution < -0.4 is 10.4 Å². The standard InChI is InChI=1S/C18H18N2O3/c1-20(13-8-4-3-5-9-13)19-18(21)17-15(12-22-2)14-10-6-7-11-16(14)23-17/h3-11H,12H2,1-2H3,(H,19,21). The Morgan fingerprint density at radius 3 is 2.57 bits per heavy atom. The van der Waals surface area contributed by atoms with Crippen molar-refractivity contribution in [3.63, 3.8) is 0 Å². The van der Waals surface area contributed by atoms with Crippen LogP contribution in [0.4, 0.5) is 5.69 Å². The van der Waals surface area contributed by atoms with Gasteiger partial charge in [-0.3, -0.25) is 15.2 Å². The molecule has 1 amide bonds. The highest BCUT2D eigenvalue weighted by molar-refractivity contribution is 5.99. The molecule has 0 saturated heterocycles. The van der Waals surface area contributed by atoms with Gasteiger partial charge in [0.2, 0.25) is 0 Å². The van der Waals surface area contributed by atoms with Gasteiger partial charge in [-0.15, -0.1) is 0 Å². The Morgan fingerprint density at radius 1 is 1.13 bits per heavy atom. The van der Waals surface area contributed by atoms with E-state index in [1.165, 1.54) is 0 Å². The molecule has 3 rings (SSSR count). The number of hydrogen-bond acceptors (Lipinski definition) is 4. The lowest BCUT2D eigenvalue weighted by atomic mass is 10.1. The smallest absolute Gasteiger partial charge is 0.305 e. The third kappa shape index (κ3) is 3.05. The number of rotatable bonds is 5. The van der Waals surface area contributed by atoms with Crippen molar-refractivity contribution in [2.24, 2.45) is 0 Å². The van der Waals surface area contributed by atoms with Gasteiger partial charge in [-0.1, -0.05) is 36.4 Å². The van der Waals surface area contributed by atoms with E-state index in [-0.39, 0.29) is 11.7 Å². The maximum absolute atomic E-state index is 12.6. The highest BCUT2D eigenvalue weighted by Crippen LogP contribution is 2.26. The first kappa shape index (κ1) is 15.1. The summed E-state index contributed by atoms with van der Waals surface area (Å²) in [4.78, 5) is 12.6. The summed E-state index contributed by atoms with van der Waals surface area (Å²) in [6.45, 7) is 0.314. The van der Waals surface area contributed by atoms with Crippen LogP contribution in [0.3, 0.4) is 0 Å². The van der Waals surface area contributed by atoms with Gasteiger partial charge < -0.3 is 9.15 Å². The van der Waals surface area contributed by atoms with Crippen LogP contribution >= 0.6 is 0 Å². The summed E-state index contributed by atoms with van der Waals surface area (Å²) in [5, 5.41) is 2.55. The molecule has 0 radical (unpaired) electrons. The topological polar surface area (TPSA) is 54.7 Å². The summed E-state index contributed by atoms with van der Waals surface area (Å²) in [7, 11) is 3.38. The molecular formula is C18H18N2O3. The van der Waals surface area contributed by atoms with Crippen molar-refractivity contribution in [3.8, 4) is 0 Å². The molecule has 0 aliphatic rings. The highest BCUT2D eigenvalue weighted by atomic mass is 16.5. The largest absolute Gasteiger partial charge is 0.450 e. The third-order valence-electron chi connectivity index (χ3n) is 3.61. The Hall–Kier alpha value is -2.79. The number of hydrazine groups is 1. The number of fused-ring (bicyclic) bond motifs is 1. The van der Waals surface area contributed by atoms with Gasteiger partial charge in [-0.25, -0.2) is 0 Å². The Balaban J connectivity index is 1.90. The minimum Gasteiger partial charge on any atom is -0.450 e. The van der Waals surface area contributed by atoms with Gasteiger partial charge in [0.1, 0.15) is 5.58 Å². The summed E-state index contributed by atoms with van der Waals surface area (Å²) in [5.74, 6) is -0.0320. The second kappa shape index (κ2) is 6.54. The minimum absolute atomic E-state index is 0.274. The Labute approximate surface area is 134 Å². The number of nitrogens with one attached hydrogen (secondary N) is 1. The van der Waals surface area contributed by atoms with Crippen LogP contribution in [-0.4, -0.2) is 20.1 Å². The number of furan rings is 1. The number of benzene rings is 2. The molecule has 23 heavy (non-hydrogen) atoms. The maximum atomic E-state index is 12.6. The molecule has 0 spiro atoms. The van der Waals surface area contributed by atoms with Crippen molar-refractivity contribution in [2.45, 2.75) is 6.61 Å². The number of amides is 1. The van der Waals surface area contributed by atoms with E-state index in [1.54, 1.807) is 19.2 Å². The minimum atomic E-state index is -0.306. The molecule has 0 aliphatic carbocycles. The van der Waals surface area contributed by atoms with Crippen LogP contribution in [-0.2, 0) is 11.3 Å². The lowest BCUT2D eigenvalue weighted by Crippen LogP contribution is -2.39. The van der Waals surface area contributed by atoms with Gasteiger partial charge in [0, 0.05) is 25.1 Å². The molecule has 0 aliphatic heterocycles. The second-order valence-corrected chi connectivity index (χ2v) is 5.17. The maximum Gasteiger partial charge on any atom is 0.305 e. The Kier molecular flexibility index (Phi) is 4.30. The number of para-hydroxylation sites is 2. The number of hydrogen-bond donors (Lipinski definition) is 1. The number of methoxy groups -OCH3 is 1. The molecule has 5 heteroatoms. The highest BCUT2D eigenvalue weighted by Gasteiger charge is 2.21. The Bertz CT molecular complexity index is 812. The molecule has 3 aromatic rings. The third-order valence-corrected chi connectivity index (χ3v) is 3.61. The van der Waals surface area contributed by atoms with E-state index < -0.39 is 0 Å². The van der Waals surface area contributed by atoms with Crippen molar-refractivity contribution in [1.29, 1.82) is 0 Å². The van der Waals surface area contributed by atoms with E-state index in [0.29, 0.717) is 12.2 Å². The molecule has 118 valence electrons. The van der Waals surface area contributed by atoms with Gasteiger partial charge in [0.05, 0.1) is 12.3 Å². The first-order chi connectivity index (χ1) is 11.2. The van der Waals surface area contributed by atoms with Crippen molar-refractivity contribution >= 4 is 22.6 Å². The molecule has 0 unspecified atom stereocenters. The van der Waals surface area contributed by atoms with Crippen molar-refractivity contribution in [3.05, 3.63) is 65.9 Å². The van der Waals surface area contributed by atoms with Gasteiger partial charge in [0.15, 0.2) is 5.76 Å². The lowest BCUT2D eigenvalue weighted by molar-refractivity contribution is 0.0919. The van der Waals surface area contributed by atoms with Crippen LogP contribution in [0.25, 0.3) is 11.0 Å². The summed E-state index contributed by atoms with van der Waals surface area (Å²) in [5.41, 5.74) is 5.12. The SMILES string of the molecule is COCc1c(C(=O)NN(C)c2ccccc2)oc2ccccc12. The van der Waals surface area contributed by atoms with Crippen LogP contribution in [0.1, 0.15) is 16.1 Å². The average Bonchev–Trinajstić information content (AvgIpc) is 2.95. The monoisotopic (exact) mass is 310 g/mol. The average molecular weight is 310 g/mol. The van der Waals surface area contributed by atoms with E-state index >= 15 is 0 Å². The molecule has 0 bridgehead atoms. The molecule has 0 atom stereocenters. The second-order valence-electron chi connectivity index (χ2n) is 5.17. The quantitative estimate of drug-likeness (QED) is 0.734. The van der Waals surface area contributed by atoms with E-state index in [9.17, 15) is 4.79 Å². The van der Waals surface area contributed by atoms with Gasteiger partial charge >= 0.3 is 5.91 Å². The molecule has 2 aromatic carbocycles. The number of anilines is 1. The summed E-state index contributed by atoms with van der Waals surface area (Å²) in [6.07, 6.45) is 0. The molecule has 0 fully saturated rings. The van der Waals surface area contributed by atoms with Crippen LogP contribution in [0, 0.1) is 0 Å². The number of nitrogens with zero attached hydrogens (tertiary/aromatic N) is 1. The van der Waals surface area contributed by atoms with Gasteiger partial charge in [-0.2, -0.15) is 0 Å². The summed E-state index contributed by atoms with van der Waals surface area (Å²) in [6, 6.07) is 17.1. The van der Waals surface area contributed by atoms with Gasteiger partial charge in [-0.05, 0) is 18.2 Å². The molecule has 1 aromatic heterocycles. The number of carbonyl (C=O) groups excluding carboxylic acids is 1. The summed E-state index contributed by atoms with van der Waals surface area (Å²) < 4.78 is 11.0. The molecule has 1 N–H and O–H groups in total. The van der Waals surface area contributed by atoms with E-state index in [4.69, 9.17) is 9.15 Å². The first-order valence-electron chi connectivity index (χ1n) is 7.30. The van der Waals surface area contributed by atoms with Crippen molar-refractivity contribution in [1.82, 2.24) is 5.43 Å². The molecule has 1 heterocycles.